The van der Waals surface area contributed by atoms with E-state index >= 15 is 0 Å². The molecule has 2 saturated heterocycles. The molecular weight excluding hydrogens is 432 g/mol. The zero-order chi connectivity index (χ0) is 24.2. The van der Waals surface area contributed by atoms with Crippen molar-refractivity contribution in [3.8, 4) is 0 Å². The first-order valence-corrected chi connectivity index (χ1v) is 13.3. The van der Waals surface area contributed by atoms with Crippen LogP contribution in [0.1, 0.15) is 43.4 Å². The quantitative estimate of drug-likeness (QED) is 0.529. The molecular formula is C29H40N6. The molecule has 6 heteroatoms. The molecule has 2 aromatic rings. The lowest BCUT2D eigenvalue weighted by Gasteiger charge is -2.37. The molecule has 2 aliphatic heterocycles. The van der Waals surface area contributed by atoms with Gasteiger partial charge in [0.15, 0.2) is 0 Å². The van der Waals surface area contributed by atoms with Crippen LogP contribution in [0, 0.1) is 5.53 Å². The minimum Gasteiger partial charge on any atom is -0.371 e. The number of hydrogen-bond acceptors (Lipinski definition) is 6. The smallest absolute Gasteiger partial charge is 0.0856 e. The van der Waals surface area contributed by atoms with Gasteiger partial charge in [0.25, 0.3) is 0 Å². The van der Waals surface area contributed by atoms with Crippen LogP contribution in [-0.2, 0) is 6.42 Å². The minimum atomic E-state index is 0.634. The topological polar surface area (TPSA) is 58.0 Å². The van der Waals surface area contributed by atoms with E-state index in [4.69, 9.17) is 5.53 Å². The molecule has 2 heterocycles. The van der Waals surface area contributed by atoms with Crippen LogP contribution in [0.2, 0.25) is 0 Å². The fraction of sp³-hybridized carbons (Fsp3) is 0.517. The van der Waals surface area contributed by atoms with E-state index in [1.807, 2.05) is 12.1 Å². The Bertz CT molecular complexity index is 1040. The number of allylic oxidation sites excluding steroid dienone is 1. The third-order valence-corrected chi connectivity index (χ3v) is 8.04. The van der Waals surface area contributed by atoms with E-state index in [1.54, 1.807) is 0 Å². The van der Waals surface area contributed by atoms with Gasteiger partial charge in [-0.15, -0.1) is 0 Å². The number of benzene rings is 2. The van der Waals surface area contributed by atoms with Gasteiger partial charge in [-0.25, -0.2) is 5.53 Å². The van der Waals surface area contributed by atoms with Gasteiger partial charge in [-0.1, -0.05) is 24.3 Å². The van der Waals surface area contributed by atoms with Gasteiger partial charge in [0.05, 0.1) is 5.69 Å². The Kier molecular flexibility index (Phi) is 7.61. The van der Waals surface area contributed by atoms with Crippen LogP contribution in [0.5, 0.6) is 0 Å². The summed E-state index contributed by atoms with van der Waals surface area (Å²) in [6.07, 6.45) is 5.63. The summed E-state index contributed by atoms with van der Waals surface area (Å²) in [6.45, 7) is 13.9. The molecule has 3 aliphatic rings. The predicted molar refractivity (Wildman–Crippen MR) is 146 cm³/mol. The molecule has 35 heavy (non-hydrogen) atoms. The number of fused-ring (bicyclic) bond motifs is 1. The normalized spacial score (nSPS) is 19.7. The first-order valence-electron chi connectivity index (χ1n) is 13.3. The fourth-order valence-corrected chi connectivity index (χ4v) is 5.75. The maximum absolute atomic E-state index is 7.27. The maximum Gasteiger partial charge on any atom is 0.0856 e. The van der Waals surface area contributed by atoms with Crippen molar-refractivity contribution in [1.29, 1.82) is 5.53 Å². The van der Waals surface area contributed by atoms with Gasteiger partial charge in [0, 0.05) is 70.1 Å². The fourth-order valence-electron chi connectivity index (χ4n) is 5.75. The molecule has 0 unspecified atom stereocenters. The summed E-state index contributed by atoms with van der Waals surface area (Å²) in [5.41, 5.74) is 14.5. The molecule has 0 saturated carbocycles. The monoisotopic (exact) mass is 472 g/mol. The Balaban J connectivity index is 1.09. The van der Waals surface area contributed by atoms with Crippen LogP contribution in [0.15, 0.2) is 47.6 Å². The van der Waals surface area contributed by atoms with Crippen LogP contribution < -0.4 is 10.2 Å². The van der Waals surface area contributed by atoms with Crippen LogP contribution in [0.3, 0.4) is 0 Å². The molecule has 0 bridgehead atoms. The van der Waals surface area contributed by atoms with E-state index in [9.17, 15) is 0 Å². The molecule has 0 atom stereocenters. The summed E-state index contributed by atoms with van der Waals surface area (Å²) in [5, 5.41) is 7.42. The van der Waals surface area contributed by atoms with Crippen LogP contribution >= 0.6 is 0 Å². The molecule has 0 spiro atoms. The van der Waals surface area contributed by atoms with Crippen molar-refractivity contribution in [2.45, 2.75) is 45.2 Å². The van der Waals surface area contributed by atoms with E-state index in [1.165, 1.54) is 73.5 Å². The molecule has 1 aliphatic carbocycles. The highest BCUT2D eigenvalue weighted by atomic mass is 15.3. The average Bonchev–Trinajstić information content (AvgIpc) is 3.33. The van der Waals surface area contributed by atoms with Gasteiger partial charge in [0.2, 0.25) is 0 Å². The summed E-state index contributed by atoms with van der Waals surface area (Å²) in [7, 11) is 0. The summed E-state index contributed by atoms with van der Waals surface area (Å²) in [4.78, 5) is 7.75. The number of anilines is 1. The van der Waals surface area contributed by atoms with Crippen LogP contribution in [0.25, 0.3) is 11.6 Å². The molecule has 0 amide bonds. The Morgan fingerprint density at radius 1 is 1.00 bits per heavy atom. The summed E-state index contributed by atoms with van der Waals surface area (Å²) >= 11 is 0. The molecule has 186 valence electrons. The van der Waals surface area contributed by atoms with Gasteiger partial charge in [-0.3, -0.25) is 9.80 Å². The first-order chi connectivity index (χ1) is 17.1. The Hall–Kier alpha value is -2.54. The van der Waals surface area contributed by atoms with Crippen molar-refractivity contribution < 1.29 is 0 Å². The van der Waals surface area contributed by atoms with Gasteiger partial charge in [-0.05, 0) is 79.6 Å². The van der Waals surface area contributed by atoms with Crippen molar-refractivity contribution in [1.82, 2.24) is 15.1 Å². The number of nitrogens with one attached hydrogen (secondary N) is 2. The summed E-state index contributed by atoms with van der Waals surface area (Å²) in [5.74, 6) is 0. The van der Waals surface area contributed by atoms with Crippen LogP contribution in [-0.4, -0.2) is 74.2 Å². The number of rotatable bonds is 8. The van der Waals surface area contributed by atoms with Crippen molar-refractivity contribution >= 4 is 23.0 Å². The zero-order valence-electron chi connectivity index (χ0n) is 21.3. The van der Waals surface area contributed by atoms with E-state index in [0.717, 1.165) is 31.7 Å². The molecule has 6 nitrogen and oxygen atoms in total. The lowest BCUT2D eigenvalue weighted by Crippen LogP contribution is -2.51. The SMILES string of the molecule is CC(C)N1CCN(CCNC2CCN(c3cccc(C4=Cc5cc(N=N)ccc5C4)c3)CC2)CC1. The first kappa shape index (κ1) is 24.2. The van der Waals surface area contributed by atoms with Gasteiger partial charge >= 0.3 is 0 Å². The highest BCUT2D eigenvalue weighted by molar-refractivity contribution is 5.89. The molecule has 0 radical (unpaired) electrons. The zero-order valence-corrected chi connectivity index (χ0v) is 21.3. The van der Waals surface area contributed by atoms with Crippen molar-refractivity contribution in [2.24, 2.45) is 5.11 Å². The standard InChI is InChI=1S/C29H40N6/c1-22(2)34-16-14-33(15-17-34)13-10-31-27-8-11-35(12-9-27)29-5-3-4-23(21-29)25-18-24-6-7-28(32-30)20-26(24)19-25/h3-7,19-22,27,30-31H,8-18H2,1-2H3. The van der Waals surface area contributed by atoms with E-state index < -0.39 is 0 Å². The molecule has 2 N–H and O–H groups in total. The predicted octanol–water partition coefficient (Wildman–Crippen LogP) is 5.03. The number of nitrogens with zero attached hydrogens (tertiary/aromatic N) is 4. The number of piperazine rings is 1. The third-order valence-electron chi connectivity index (χ3n) is 8.04. The van der Waals surface area contributed by atoms with Crippen molar-refractivity contribution in [2.75, 3.05) is 57.3 Å². The maximum atomic E-state index is 7.27. The van der Waals surface area contributed by atoms with E-state index in [-0.39, 0.29) is 0 Å². The van der Waals surface area contributed by atoms with E-state index in [2.05, 4.69) is 75.4 Å². The lowest BCUT2D eigenvalue weighted by molar-refractivity contribution is 0.108. The molecule has 0 aromatic heterocycles. The van der Waals surface area contributed by atoms with Gasteiger partial charge < -0.3 is 10.2 Å². The molecule has 2 fully saturated rings. The summed E-state index contributed by atoms with van der Waals surface area (Å²) in [6, 6.07) is 16.4. The van der Waals surface area contributed by atoms with Gasteiger partial charge in [-0.2, -0.15) is 5.11 Å². The molecule has 5 rings (SSSR count). The van der Waals surface area contributed by atoms with Crippen molar-refractivity contribution in [3.05, 3.63) is 59.2 Å². The Labute approximate surface area is 210 Å². The second-order valence-electron chi connectivity index (χ2n) is 10.6. The second-order valence-corrected chi connectivity index (χ2v) is 10.6. The number of hydrogen-bond donors (Lipinski definition) is 2. The number of piperidine rings is 1. The Morgan fingerprint density at radius 3 is 2.54 bits per heavy atom. The van der Waals surface area contributed by atoms with Crippen molar-refractivity contribution in [3.63, 3.8) is 0 Å². The second kappa shape index (κ2) is 11.0. The average molecular weight is 473 g/mol. The molecule has 2 aromatic carbocycles. The largest absolute Gasteiger partial charge is 0.371 e. The lowest BCUT2D eigenvalue weighted by atomic mass is 10.0. The summed E-state index contributed by atoms with van der Waals surface area (Å²) < 4.78 is 0. The highest BCUT2D eigenvalue weighted by Crippen LogP contribution is 2.35. The van der Waals surface area contributed by atoms with Gasteiger partial charge in [0.1, 0.15) is 0 Å². The van der Waals surface area contributed by atoms with Crippen LogP contribution in [0.4, 0.5) is 11.4 Å². The van der Waals surface area contributed by atoms with E-state index in [0.29, 0.717) is 12.1 Å². The highest BCUT2D eigenvalue weighted by Gasteiger charge is 2.22. The minimum absolute atomic E-state index is 0.634. The Morgan fingerprint density at radius 2 is 1.80 bits per heavy atom. The third kappa shape index (κ3) is 5.83.